The van der Waals surface area contributed by atoms with Gasteiger partial charge in [-0.2, -0.15) is 0 Å². The molecule has 1 aliphatic heterocycles. The van der Waals surface area contributed by atoms with Crippen molar-refractivity contribution in [3.8, 4) is 23.0 Å². The van der Waals surface area contributed by atoms with Crippen molar-refractivity contribution in [1.29, 1.82) is 0 Å². The molecule has 42 heavy (non-hydrogen) atoms. The molecular formula is C34H34N2O6. The second kappa shape index (κ2) is 13.6. The van der Waals surface area contributed by atoms with Gasteiger partial charge in [-0.1, -0.05) is 66.7 Å². The molecule has 0 spiro atoms. The first kappa shape index (κ1) is 28.5. The van der Waals surface area contributed by atoms with Crippen LogP contribution in [0.3, 0.4) is 0 Å². The van der Waals surface area contributed by atoms with E-state index in [1.54, 1.807) is 43.4 Å². The number of carbonyl (C=O) groups is 2. The molecule has 1 heterocycles. The van der Waals surface area contributed by atoms with Gasteiger partial charge in [-0.25, -0.2) is 0 Å². The Balaban J connectivity index is 1.45. The molecular weight excluding hydrogens is 532 g/mol. The van der Waals surface area contributed by atoms with Crippen LogP contribution in [0.4, 0.5) is 0 Å². The maximum absolute atomic E-state index is 14.2. The van der Waals surface area contributed by atoms with E-state index >= 15 is 0 Å². The van der Waals surface area contributed by atoms with Crippen LogP contribution in [0.2, 0.25) is 0 Å². The van der Waals surface area contributed by atoms with Crippen molar-refractivity contribution in [3.05, 3.63) is 120 Å². The lowest BCUT2D eigenvalue weighted by atomic mass is 10.0. The maximum atomic E-state index is 14.2. The number of amides is 2. The molecule has 0 saturated heterocycles. The highest BCUT2D eigenvalue weighted by Crippen LogP contribution is 2.33. The summed E-state index contributed by atoms with van der Waals surface area (Å²) in [6.07, 6.45) is -0.361. The number of rotatable bonds is 11. The summed E-state index contributed by atoms with van der Waals surface area (Å²) < 4.78 is 22.6. The zero-order valence-electron chi connectivity index (χ0n) is 23.7. The molecule has 8 heteroatoms. The SMILES string of the molecule is COc1ccc(CNC(=O)C(c2ccc(OC)cc2)N(CCc2ccccc2)C(=O)C2COc3ccccc3O2)cc1. The fraction of sp³-hybridized carbons (Fsp3) is 0.235. The normalized spacial score (nSPS) is 14.4. The average Bonchev–Trinajstić information content (AvgIpc) is 3.05. The van der Waals surface area contributed by atoms with Gasteiger partial charge in [0.05, 0.1) is 14.2 Å². The second-order valence-electron chi connectivity index (χ2n) is 9.87. The van der Waals surface area contributed by atoms with Gasteiger partial charge in [0.25, 0.3) is 5.91 Å². The molecule has 0 aromatic heterocycles. The number of para-hydroxylation sites is 2. The van der Waals surface area contributed by atoms with Crippen LogP contribution in [-0.2, 0) is 22.6 Å². The Morgan fingerprint density at radius 2 is 1.43 bits per heavy atom. The highest BCUT2D eigenvalue weighted by molar-refractivity contribution is 5.90. The number of hydrogen-bond acceptors (Lipinski definition) is 6. The van der Waals surface area contributed by atoms with Crippen molar-refractivity contribution >= 4 is 11.8 Å². The van der Waals surface area contributed by atoms with Gasteiger partial charge in [-0.15, -0.1) is 0 Å². The summed E-state index contributed by atoms with van der Waals surface area (Å²) in [6.45, 7) is 0.615. The predicted molar refractivity (Wildman–Crippen MR) is 159 cm³/mol. The zero-order valence-corrected chi connectivity index (χ0v) is 23.7. The van der Waals surface area contributed by atoms with Gasteiger partial charge in [0, 0.05) is 13.1 Å². The van der Waals surface area contributed by atoms with E-state index in [2.05, 4.69) is 5.32 Å². The van der Waals surface area contributed by atoms with Crippen LogP contribution in [0.5, 0.6) is 23.0 Å². The van der Waals surface area contributed by atoms with Crippen molar-refractivity contribution in [2.24, 2.45) is 0 Å². The topological polar surface area (TPSA) is 86.3 Å². The van der Waals surface area contributed by atoms with Crippen molar-refractivity contribution in [1.82, 2.24) is 10.2 Å². The summed E-state index contributed by atoms with van der Waals surface area (Å²) in [5, 5.41) is 3.04. The average molecular weight is 567 g/mol. The van der Waals surface area contributed by atoms with Gasteiger partial charge in [-0.3, -0.25) is 9.59 Å². The van der Waals surface area contributed by atoms with E-state index in [0.717, 1.165) is 16.9 Å². The smallest absolute Gasteiger partial charge is 0.268 e. The molecule has 2 atom stereocenters. The standard InChI is InChI=1S/C34H34N2O6/c1-39-27-16-12-25(13-17-27)22-35-33(37)32(26-14-18-28(40-2)19-15-26)36(21-20-24-8-4-3-5-9-24)34(38)31-23-41-29-10-6-7-11-30(29)42-31/h3-19,31-32H,20-23H2,1-2H3,(H,35,37). The van der Waals surface area contributed by atoms with Crippen molar-refractivity contribution < 1.29 is 28.5 Å². The quantitative estimate of drug-likeness (QED) is 0.276. The minimum Gasteiger partial charge on any atom is -0.497 e. The van der Waals surface area contributed by atoms with Gasteiger partial charge in [-0.05, 0) is 59.5 Å². The van der Waals surface area contributed by atoms with E-state index < -0.39 is 12.1 Å². The summed E-state index contributed by atoms with van der Waals surface area (Å²) >= 11 is 0. The molecule has 216 valence electrons. The summed E-state index contributed by atoms with van der Waals surface area (Å²) in [5.74, 6) is 1.82. The van der Waals surface area contributed by atoms with E-state index in [9.17, 15) is 9.59 Å². The van der Waals surface area contributed by atoms with E-state index in [0.29, 0.717) is 29.2 Å². The van der Waals surface area contributed by atoms with E-state index in [1.807, 2.05) is 78.9 Å². The Kier molecular flexibility index (Phi) is 9.23. The van der Waals surface area contributed by atoms with Crippen LogP contribution in [0.25, 0.3) is 0 Å². The van der Waals surface area contributed by atoms with Crippen LogP contribution in [0, 0.1) is 0 Å². The largest absolute Gasteiger partial charge is 0.497 e. The lowest BCUT2D eigenvalue weighted by Gasteiger charge is -2.35. The fourth-order valence-electron chi connectivity index (χ4n) is 4.88. The number of methoxy groups -OCH3 is 2. The fourth-order valence-corrected chi connectivity index (χ4v) is 4.88. The van der Waals surface area contributed by atoms with E-state index in [4.69, 9.17) is 18.9 Å². The Labute approximate surface area is 245 Å². The summed E-state index contributed by atoms with van der Waals surface area (Å²) in [5.41, 5.74) is 2.61. The number of ether oxygens (including phenoxy) is 4. The number of hydrogen-bond donors (Lipinski definition) is 1. The minimum atomic E-state index is -0.925. The van der Waals surface area contributed by atoms with Crippen LogP contribution < -0.4 is 24.3 Å². The second-order valence-corrected chi connectivity index (χ2v) is 9.87. The Bertz CT molecular complexity index is 1470. The molecule has 0 aliphatic carbocycles. The van der Waals surface area contributed by atoms with Gasteiger partial charge in [0.2, 0.25) is 12.0 Å². The third kappa shape index (κ3) is 6.83. The Morgan fingerprint density at radius 3 is 2.10 bits per heavy atom. The summed E-state index contributed by atoms with van der Waals surface area (Å²) in [6, 6.07) is 30.9. The molecule has 0 saturated carbocycles. The van der Waals surface area contributed by atoms with Crippen molar-refractivity contribution in [2.45, 2.75) is 25.1 Å². The number of benzene rings is 4. The van der Waals surface area contributed by atoms with Gasteiger partial charge < -0.3 is 29.2 Å². The van der Waals surface area contributed by atoms with E-state index in [1.165, 1.54) is 0 Å². The van der Waals surface area contributed by atoms with Gasteiger partial charge in [0.15, 0.2) is 11.5 Å². The number of carbonyl (C=O) groups excluding carboxylic acids is 2. The molecule has 0 bridgehead atoms. The summed E-state index contributed by atoms with van der Waals surface area (Å²) in [4.78, 5) is 29.8. The Morgan fingerprint density at radius 1 is 0.810 bits per heavy atom. The Hall–Kier alpha value is -4.98. The highest BCUT2D eigenvalue weighted by atomic mass is 16.6. The molecule has 4 aromatic rings. The highest BCUT2D eigenvalue weighted by Gasteiger charge is 2.38. The predicted octanol–water partition coefficient (Wildman–Crippen LogP) is 4.97. The molecule has 1 N–H and O–H groups in total. The van der Waals surface area contributed by atoms with Gasteiger partial charge in [0.1, 0.15) is 24.1 Å². The molecule has 5 rings (SSSR count). The third-order valence-electron chi connectivity index (χ3n) is 7.17. The van der Waals surface area contributed by atoms with Crippen LogP contribution in [0.1, 0.15) is 22.7 Å². The van der Waals surface area contributed by atoms with Crippen molar-refractivity contribution in [2.75, 3.05) is 27.4 Å². The molecule has 0 fully saturated rings. The number of nitrogens with one attached hydrogen (secondary N) is 1. The molecule has 4 aromatic carbocycles. The molecule has 1 aliphatic rings. The molecule has 2 amide bonds. The number of fused-ring (bicyclic) bond motifs is 1. The first-order chi connectivity index (χ1) is 20.6. The van der Waals surface area contributed by atoms with Crippen LogP contribution in [0.15, 0.2) is 103 Å². The minimum absolute atomic E-state index is 0.0421. The first-order valence-corrected chi connectivity index (χ1v) is 13.8. The molecule has 2 unspecified atom stereocenters. The monoisotopic (exact) mass is 566 g/mol. The van der Waals surface area contributed by atoms with Crippen molar-refractivity contribution in [3.63, 3.8) is 0 Å². The lowest BCUT2D eigenvalue weighted by Crippen LogP contribution is -2.51. The lowest BCUT2D eigenvalue weighted by molar-refractivity contribution is -0.148. The van der Waals surface area contributed by atoms with Crippen LogP contribution in [-0.4, -0.2) is 50.2 Å². The van der Waals surface area contributed by atoms with Crippen LogP contribution >= 0.6 is 0 Å². The third-order valence-corrected chi connectivity index (χ3v) is 7.17. The molecule has 0 radical (unpaired) electrons. The van der Waals surface area contributed by atoms with Gasteiger partial charge >= 0.3 is 0 Å². The first-order valence-electron chi connectivity index (χ1n) is 13.8. The van der Waals surface area contributed by atoms with E-state index in [-0.39, 0.29) is 31.5 Å². The number of nitrogens with zero attached hydrogens (tertiary/aromatic N) is 1. The zero-order chi connectivity index (χ0) is 29.3. The molecule has 8 nitrogen and oxygen atoms in total. The summed E-state index contributed by atoms with van der Waals surface area (Å²) in [7, 11) is 3.19. The maximum Gasteiger partial charge on any atom is 0.268 e.